The molecule has 0 radical (unpaired) electrons. The Morgan fingerprint density at radius 1 is 1.34 bits per heavy atom. The Morgan fingerprint density at radius 2 is 2.00 bits per heavy atom. The first-order valence-corrected chi connectivity index (χ1v) is 9.17. The topological polar surface area (TPSA) is 88.0 Å². The van der Waals surface area contributed by atoms with E-state index in [1.54, 1.807) is 0 Å². The van der Waals surface area contributed by atoms with Crippen molar-refractivity contribution in [3.63, 3.8) is 0 Å². The maximum Gasteiger partial charge on any atom is 0.408 e. The maximum atomic E-state index is 15.0. The van der Waals surface area contributed by atoms with Crippen LogP contribution in [0.25, 0.3) is 5.52 Å². The fourth-order valence-electron chi connectivity index (χ4n) is 4.14. The molecule has 2 aromatic rings. The summed E-state index contributed by atoms with van der Waals surface area (Å²) in [4.78, 5) is 25.3. The Labute approximate surface area is 162 Å². The first-order chi connectivity index (χ1) is 13.4. The Bertz CT molecular complexity index is 1090. The molecule has 6 nitrogen and oxygen atoms in total. The van der Waals surface area contributed by atoms with Crippen LogP contribution >= 0.6 is 0 Å². The van der Waals surface area contributed by atoms with Gasteiger partial charge in [0, 0.05) is 13.1 Å². The molecular weight excluding hydrogens is 394 g/mol. The molecule has 0 amide bonds. The number of carboxylic acids is 1. The molecule has 0 spiro atoms. The van der Waals surface area contributed by atoms with E-state index < -0.39 is 41.2 Å². The normalized spacial score (nSPS) is 22.5. The molecule has 2 aromatic heterocycles. The second-order valence-corrected chi connectivity index (χ2v) is 7.89. The summed E-state index contributed by atoms with van der Waals surface area (Å²) in [7, 11) is 0. The molecule has 156 valence electrons. The second kappa shape index (κ2) is 6.19. The number of hydrogen-bond acceptors (Lipinski definition) is 4. The summed E-state index contributed by atoms with van der Waals surface area (Å²) in [5.74, 6) is -2.28. The second-order valence-electron chi connectivity index (χ2n) is 7.89. The lowest BCUT2D eigenvalue weighted by atomic mass is 9.99. The van der Waals surface area contributed by atoms with Crippen molar-refractivity contribution in [2.24, 2.45) is 5.73 Å². The van der Waals surface area contributed by atoms with Gasteiger partial charge in [-0.15, -0.1) is 0 Å². The molecule has 4 rings (SSSR count). The summed E-state index contributed by atoms with van der Waals surface area (Å²) in [5.41, 5.74) is 2.95. The highest BCUT2D eigenvalue weighted by Crippen LogP contribution is 2.45. The van der Waals surface area contributed by atoms with E-state index >= 15 is 0 Å². The Kier molecular flexibility index (Phi) is 4.20. The van der Waals surface area contributed by atoms with E-state index in [4.69, 9.17) is 5.73 Å². The Hall–Kier alpha value is -2.62. The van der Waals surface area contributed by atoms with Gasteiger partial charge >= 0.3 is 12.1 Å². The molecule has 1 saturated carbocycles. The Balaban J connectivity index is 1.92. The number of pyridine rings is 2. The average molecular weight is 413 g/mol. The predicted octanol–water partition coefficient (Wildman–Crippen LogP) is 2.79. The smallest absolute Gasteiger partial charge is 0.408 e. The first kappa shape index (κ1) is 19.7. The van der Waals surface area contributed by atoms with Gasteiger partial charge in [0.25, 0.3) is 5.56 Å². The standard InChI is InChI=1S/C19H19F4N3O3/c1-9-14-11(10-2-3-10)6-12(17(28)29)16(27)26(14)7-13(20)15(9)25-5-4-18(24,8-25)19(21,22)23/h6-7,10H,2-5,8,24H2,1H3,(H,28,29). The van der Waals surface area contributed by atoms with Gasteiger partial charge in [0.1, 0.15) is 11.1 Å². The van der Waals surface area contributed by atoms with Crippen molar-refractivity contribution < 1.29 is 27.5 Å². The minimum Gasteiger partial charge on any atom is -0.477 e. The SMILES string of the molecule is Cc1c(N2CCC(N)(C(F)(F)F)C2)c(F)cn2c(=O)c(C(=O)O)cc(C3CC3)c12. The van der Waals surface area contributed by atoms with Crippen LogP contribution in [-0.2, 0) is 0 Å². The molecule has 1 atom stereocenters. The van der Waals surface area contributed by atoms with Crippen LogP contribution in [-0.4, -0.2) is 40.3 Å². The largest absolute Gasteiger partial charge is 0.477 e. The number of nitrogens with zero attached hydrogens (tertiary/aromatic N) is 2. The molecule has 10 heteroatoms. The fourth-order valence-corrected chi connectivity index (χ4v) is 4.14. The number of carboxylic acid groups (broad SMARTS) is 1. The summed E-state index contributed by atoms with van der Waals surface area (Å²) in [6, 6.07) is 1.30. The van der Waals surface area contributed by atoms with Gasteiger partial charge in [-0.3, -0.25) is 9.20 Å². The number of aryl methyl sites for hydroxylation is 1. The van der Waals surface area contributed by atoms with E-state index in [1.807, 2.05) is 0 Å². The van der Waals surface area contributed by atoms with Crippen LogP contribution in [0, 0.1) is 12.7 Å². The highest BCUT2D eigenvalue weighted by molar-refractivity contribution is 5.89. The van der Waals surface area contributed by atoms with Gasteiger partial charge in [-0.25, -0.2) is 9.18 Å². The van der Waals surface area contributed by atoms with Crippen LogP contribution in [0.15, 0.2) is 17.1 Å². The first-order valence-electron chi connectivity index (χ1n) is 9.17. The number of anilines is 1. The van der Waals surface area contributed by atoms with Crippen molar-refractivity contribution in [1.29, 1.82) is 0 Å². The van der Waals surface area contributed by atoms with Crippen molar-refractivity contribution in [2.75, 3.05) is 18.0 Å². The zero-order valence-electron chi connectivity index (χ0n) is 15.5. The van der Waals surface area contributed by atoms with Crippen molar-refractivity contribution in [3.8, 4) is 0 Å². The monoisotopic (exact) mass is 413 g/mol. The van der Waals surface area contributed by atoms with Crippen LogP contribution in [0.4, 0.5) is 23.2 Å². The van der Waals surface area contributed by atoms with Gasteiger partial charge in [0.05, 0.1) is 17.4 Å². The number of aromatic nitrogens is 1. The van der Waals surface area contributed by atoms with Crippen LogP contribution in [0.5, 0.6) is 0 Å². The number of nitrogens with two attached hydrogens (primary N) is 1. The number of rotatable bonds is 3. The molecule has 3 heterocycles. The molecule has 2 aliphatic rings. The average Bonchev–Trinajstić information content (AvgIpc) is 3.37. The van der Waals surface area contributed by atoms with Gasteiger partial charge in [-0.2, -0.15) is 13.2 Å². The summed E-state index contributed by atoms with van der Waals surface area (Å²) in [6.07, 6.45) is -2.55. The minimum atomic E-state index is -4.63. The van der Waals surface area contributed by atoms with Crippen molar-refractivity contribution in [3.05, 3.63) is 45.1 Å². The van der Waals surface area contributed by atoms with Gasteiger partial charge in [0.2, 0.25) is 0 Å². The lowest BCUT2D eigenvalue weighted by Crippen LogP contribution is -2.55. The van der Waals surface area contributed by atoms with Crippen LogP contribution in [0.2, 0.25) is 0 Å². The van der Waals surface area contributed by atoms with E-state index in [0.717, 1.165) is 23.4 Å². The molecule has 1 saturated heterocycles. The molecule has 2 fully saturated rings. The molecule has 3 N–H and O–H groups in total. The number of carbonyl (C=O) groups is 1. The highest BCUT2D eigenvalue weighted by Gasteiger charge is 2.55. The Morgan fingerprint density at radius 3 is 2.52 bits per heavy atom. The molecule has 29 heavy (non-hydrogen) atoms. The number of hydrogen-bond donors (Lipinski definition) is 2. The third-order valence-electron chi connectivity index (χ3n) is 5.87. The summed E-state index contributed by atoms with van der Waals surface area (Å²) >= 11 is 0. The van der Waals surface area contributed by atoms with Crippen molar-refractivity contribution in [2.45, 2.75) is 43.8 Å². The van der Waals surface area contributed by atoms with Crippen molar-refractivity contribution in [1.82, 2.24) is 4.40 Å². The third-order valence-corrected chi connectivity index (χ3v) is 5.87. The van der Waals surface area contributed by atoms with Crippen LogP contribution < -0.4 is 16.2 Å². The zero-order chi connectivity index (χ0) is 21.3. The molecule has 1 aliphatic heterocycles. The molecule has 0 bridgehead atoms. The number of alkyl halides is 3. The van der Waals surface area contributed by atoms with E-state index in [-0.39, 0.29) is 24.6 Å². The number of halogens is 4. The zero-order valence-corrected chi connectivity index (χ0v) is 15.5. The molecular formula is C19H19F4N3O3. The summed E-state index contributed by atoms with van der Waals surface area (Å²) < 4.78 is 55.8. The van der Waals surface area contributed by atoms with E-state index in [2.05, 4.69) is 0 Å². The number of fused-ring (bicyclic) bond motifs is 1. The lowest BCUT2D eigenvalue weighted by molar-refractivity contribution is -0.179. The lowest BCUT2D eigenvalue weighted by Gasteiger charge is -2.29. The molecule has 1 unspecified atom stereocenters. The van der Waals surface area contributed by atoms with Gasteiger partial charge in [-0.1, -0.05) is 0 Å². The summed E-state index contributed by atoms with van der Waals surface area (Å²) in [5, 5.41) is 9.32. The highest BCUT2D eigenvalue weighted by atomic mass is 19.4. The van der Waals surface area contributed by atoms with Crippen molar-refractivity contribution >= 4 is 17.2 Å². The minimum absolute atomic E-state index is 0.0306. The molecule has 0 aromatic carbocycles. The van der Waals surface area contributed by atoms with Gasteiger partial charge in [-0.05, 0) is 49.3 Å². The third kappa shape index (κ3) is 2.97. The van der Waals surface area contributed by atoms with E-state index in [9.17, 15) is 32.3 Å². The molecule has 1 aliphatic carbocycles. The number of aromatic carboxylic acids is 1. The maximum absolute atomic E-state index is 15.0. The quantitative estimate of drug-likeness (QED) is 0.756. The van der Waals surface area contributed by atoms with Crippen LogP contribution in [0.3, 0.4) is 0 Å². The van der Waals surface area contributed by atoms with Gasteiger partial charge < -0.3 is 15.7 Å². The van der Waals surface area contributed by atoms with E-state index in [1.165, 1.54) is 17.9 Å². The van der Waals surface area contributed by atoms with Crippen LogP contribution in [0.1, 0.15) is 46.7 Å². The fraction of sp³-hybridized carbons (Fsp3) is 0.474. The van der Waals surface area contributed by atoms with E-state index in [0.29, 0.717) is 16.6 Å². The predicted molar refractivity (Wildman–Crippen MR) is 97.1 cm³/mol. The summed E-state index contributed by atoms with van der Waals surface area (Å²) in [6.45, 7) is 0.852. The van der Waals surface area contributed by atoms with Gasteiger partial charge in [0.15, 0.2) is 5.82 Å².